The Morgan fingerprint density at radius 3 is 2.58 bits per heavy atom. The van der Waals surface area contributed by atoms with E-state index in [1.54, 1.807) is 0 Å². The van der Waals surface area contributed by atoms with Gasteiger partial charge < -0.3 is 15.5 Å². The van der Waals surface area contributed by atoms with Crippen LogP contribution in [0.3, 0.4) is 0 Å². The third-order valence-electron chi connectivity index (χ3n) is 4.33. The van der Waals surface area contributed by atoms with Crippen molar-refractivity contribution in [1.82, 2.24) is 5.32 Å². The van der Waals surface area contributed by atoms with E-state index in [0.717, 1.165) is 12.5 Å². The van der Waals surface area contributed by atoms with Gasteiger partial charge in [-0.05, 0) is 69.0 Å². The average molecular weight is 259 g/mol. The maximum Gasteiger partial charge on any atom is 0.0367 e. The van der Waals surface area contributed by atoms with Gasteiger partial charge in [-0.1, -0.05) is 0 Å². The van der Waals surface area contributed by atoms with Crippen LogP contribution in [0.1, 0.15) is 25.7 Å². The lowest BCUT2D eigenvalue weighted by Crippen LogP contribution is -2.33. The molecule has 1 aromatic carbocycles. The second-order valence-electron chi connectivity index (χ2n) is 5.83. The van der Waals surface area contributed by atoms with E-state index in [4.69, 9.17) is 0 Å². The van der Waals surface area contributed by atoms with Crippen molar-refractivity contribution in [3.05, 3.63) is 24.3 Å². The molecule has 1 aromatic rings. The van der Waals surface area contributed by atoms with Crippen molar-refractivity contribution in [2.24, 2.45) is 5.92 Å². The van der Waals surface area contributed by atoms with Crippen LogP contribution in [0.2, 0.25) is 0 Å². The average Bonchev–Trinajstić information content (AvgIpc) is 3.01. The molecule has 2 aliphatic heterocycles. The van der Waals surface area contributed by atoms with Gasteiger partial charge in [0.1, 0.15) is 0 Å². The molecule has 0 saturated carbocycles. The molecule has 1 atom stereocenters. The number of benzene rings is 1. The molecule has 0 bridgehead atoms. The number of hydrogen-bond donors (Lipinski definition) is 2. The zero-order chi connectivity index (χ0) is 12.9. The predicted molar refractivity (Wildman–Crippen MR) is 82.0 cm³/mol. The monoisotopic (exact) mass is 259 g/mol. The standard InChI is InChI=1S/C16H25N3/c1-2-11-19(10-1)16-7-5-15(6-8-16)18-13-14-4-3-9-17-12-14/h5-8,14,17-18H,1-4,9-13H2. The smallest absolute Gasteiger partial charge is 0.0367 e. The van der Waals surface area contributed by atoms with E-state index in [-0.39, 0.29) is 0 Å². The Kier molecular flexibility index (Phi) is 4.23. The number of nitrogens with zero attached hydrogens (tertiary/aromatic N) is 1. The highest BCUT2D eigenvalue weighted by Gasteiger charge is 2.13. The first-order chi connectivity index (χ1) is 9.42. The van der Waals surface area contributed by atoms with Crippen molar-refractivity contribution in [2.45, 2.75) is 25.7 Å². The zero-order valence-corrected chi connectivity index (χ0v) is 11.7. The van der Waals surface area contributed by atoms with E-state index in [1.807, 2.05) is 0 Å². The van der Waals surface area contributed by atoms with Gasteiger partial charge in [-0.2, -0.15) is 0 Å². The molecule has 2 N–H and O–H groups in total. The zero-order valence-electron chi connectivity index (χ0n) is 11.7. The molecule has 0 aliphatic carbocycles. The molecule has 3 heteroatoms. The Hall–Kier alpha value is -1.22. The second kappa shape index (κ2) is 6.29. The van der Waals surface area contributed by atoms with Gasteiger partial charge >= 0.3 is 0 Å². The molecule has 0 amide bonds. The van der Waals surface area contributed by atoms with Gasteiger partial charge in [0.15, 0.2) is 0 Å². The van der Waals surface area contributed by atoms with Crippen LogP contribution in [-0.2, 0) is 0 Å². The minimum Gasteiger partial charge on any atom is -0.385 e. The van der Waals surface area contributed by atoms with E-state index in [2.05, 4.69) is 39.8 Å². The SMILES string of the molecule is c1cc(N2CCCC2)ccc1NCC1CCCNC1. The van der Waals surface area contributed by atoms with Gasteiger partial charge in [0.2, 0.25) is 0 Å². The summed E-state index contributed by atoms with van der Waals surface area (Å²) in [6.45, 7) is 5.90. The number of rotatable bonds is 4. The molecule has 19 heavy (non-hydrogen) atoms. The third kappa shape index (κ3) is 3.41. The number of hydrogen-bond acceptors (Lipinski definition) is 3. The molecule has 104 valence electrons. The van der Waals surface area contributed by atoms with Crippen molar-refractivity contribution in [3.8, 4) is 0 Å². The van der Waals surface area contributed by atoms with E-state index < -0.39 is 0 Å². The summed E-state index contributed by atoms with van der Waals surface area (Å²) in [4.78, 5) is 2.48. The Labute approximate surface area is 116 Å². The normalized spacial score (nSPS) is 23.6. The molecular formula is C16H25N3. The van der Waals surface area contributed by atoms with Crippen LogP contribution < -0.4 is 15.5 Å². The summed E-state index contributed by atoms with van der Waals surface area (Å²) in [5.41, 5.74) is 2.64. The van der Waals surface area contributed by atoms with Gasteiger partial charge in [-0.3, -0.25) is 0 Å². The van der Waals surface area contributed by atoms with Gasteiger partial charge in [0.05, 0.1) is 0 Å². The molecule has 2 aliphatic rings. The summed E-state index contributed by atoms with van der Waals surface area (Å²) in [6.07, 6.45) is 5.36. The quantitative estimate of drug-likeness (QED) is 0.870. The van der Waals surface area contributed by atoms with Crippen molar-refractivity contribution in [1.29, 1.82) is 0 Å². The fourth-order valence-corrected chi connectivity index (χ4v) is 3.13. The summed E-state index contributed by atoms with van der Waals surface area (Å²) >= 11 is 0. The molecule has 3 nitrogen and oxygen atoms in total. The summed E-state index contributed by atoms with van der Waals surface area (Å²) < 4.78 is 0. The maximum absolute atomic E-state index is 3.57. The third-order valence-corrected chi connectivity index (χ3v) is 4.33. The first kappa shape index (κ1) is 12.8. The molecule has 0 aromatic heterocycles. The lowest BCUT2D eigenvalue weighted by Gasteiger charge is -2.23. The molecule has 3 rings (SSSR count). The fraction of sp³-hybridized carbons (Fsp3) is 0.625. The summed E-state index contributed by atoms with van der Waals surface area (Å²) in [7, 11) is 0. The lowest BCUT2D eigenvalue weighted by atomic mass is 10.00. The minimum absolute atomic E-state index is 0.784. The van der Waals surface area contributed by atoms with Crippen LogP contribution in [0, 0.1) is 5.92 Å². The van der Waals surface area contributed by atoms with E-state index in [1.165, 1.54) is 63.2 Å². The van der Waals surface area contributed by atoms with E-state index >= 15 is 0 Å². The van der Waals surface area contributed by atoms with Crippen LogP contribution in [-0.4, -0.2) is 32.7 Å². The van der Waals surface area contributed by atoms with Crippen LogP contribution in [0.25, 0.3) is 0 Å². The predicted octanol–water partition coefficient (Wildman–Crippen LogP) is 2.70. The molecule has 0 radical (unpaired) electrons. The second-order valence-corrected chi connectivity index (χ2v) is 5.83. The lowest BCUT2D eigenvalue weighted by molar-refractivity contribution is 0.393. The van der Waals surface area contributed by atoms with Crippen LogP contribution in [0.5, 0.6) is 0 Å². The molecule has 0 spiro atoms. The highest BCUT2D eigenvalue weighted by molar-refractivity contribution is 5.55. The Morgan fingerprint density at radius 2 is 1.89 bits per heavy atom. The van der Waals surface area contributed by atoms with Gasteiger partial charge in [0, 0.05) is 31.0 Å². The molecule has 1 unspecified atom stereocenters. The van der Waals surface area contributed by atoms with Crippen molar-refractivity contribution < 1.29 is 0 Å². The van der Waals surface area contributed by atoms with Gasteiger partial charge in [0.25, 0.3) is 0 Å². The number of anilines is 2. The Balaban J connectivity index is 1.50. The van der Waals surface area contributed by atoms with Crippen molar-refractivity contribution in [2.75, 3.05) is 42.9 Å². The van der Waals surface area contributed by atoms with E-state index in [9.17, 15) is 0 Å². The summed E-state index contributed by atoms with van der Waals surface area (Å²) in [6, 6.07) is 8.97. The molecule has 2 heterocycles. The first-order valence-corrected chi connectivity index (χ1v) is 7.71. The first-order valence-electron chi connectivity index (χ1n) is 7.71. The maximum atomic E-state index is 3.57. The minimum atomic E-state index is 0.784. The van der Waals surface area contributed by atoms with Crippen LogP contribution >= 0.6 is 0 Å². The summed E-state index contributed by atoms with van der Waals surface area (Å²) in [5.74, 6) is 0.784. The summed E-state index contributed by atoms with van der Waals surface area (Å²) in [5, 5.41) is 7.04. The largest absolute Gasteiger partial charge is 0.385 e. The highest BCUT2D eigenvalue weighted by Crippen LogP contribution is 2.22. The van der Waals surface area contributed by atoms with Gasteiger partial charge in [-0.25, -0.2) is 0 Å². The molecule has 2 fully saturated rings. The Morgan fingerprint density at radius 1 is 1.11 bits per heavy atom. The van der Waals surface area contributed by atoms with Crippen molar-refractivity contribution >= 4 is 11.4 Å². The highest BCUT2D eigenvalue weighted by atomic mass is 15.1. The topological polar surface area (TPSA) is 27.3 Å². The molecular weight excluding hydrogens is 234 g/mol. The Bertz CT molecular complexity index is 375. The molecule has 2 saturated heterocycles. The van der Waals surface area contributed by atoms with Crippen LogP contribution in [0.15, 0.2) is 24.3 Å². The van der Waals surface area contributed by atoms with Crippen LogP contribution in [0.4, 0.5) is 11.4 Å². The number of nitrogens with one attached hydrogen (secondary N) is 2. The van der Waals surface area contributed by atoms with Gasteiger partial charge in [-0.15, -0.1) is 0 Å². The van der Waals surface area contributed by atoms with E-state index in [0.29, 0.717) is 0 Å². The fourth-order valence-electron chi connectivity index (χ4n) is 3.13. The number of piperidine rings is 1. The van der Waals surface area contributed by atoms with Crippen molar-refractivity contribution in [3.63, 3.8) is 0 Å².